The predicted octanol–water partition coefficient (Wildman–Crippen LogP) is 3.32. The molecule has 1 heterocycles. The molecule has 1 aromatic carbocycles. The maximum absolute atomic E-state index is 12.3. The molecule has 0 bridgehead atoms. The normalized spacial score (nSPS) is 16.9. The molecule has 0 aromatic heterocycles. The first-order valence-electron chi connectivity index (χ1n) is 8.23. The van der Waals surface area contributed by atoms with Crippen LogP contribution in [0.3, 0.4) is 0 Å². The van der Waals surface area contributed by atoms with E-state index >= 15 is 0 Å². The minimum atomic E-state index is -0.613. The average molecular weight is 362 g/mol. The highest BCUT2D eigenvalue weighted by Crippen LogP contribution is 2.18. The van der Waals surface area contributed by atoms with Crippen LogP contribution in [0.4, 0.5) is 10.5 Å². The smallest absolute Gasteiger partial charge is 0.410 e. The van der Waals surface area contributed by atoms with Crippen molar-refractivity contribution < 1.29 is 24.0 Å². The minimum Gasteiger partial charge on any atom is -0.460 e. The highest BCUT2D eigenvalue weighted by atomic mass is 16.6. The van der Waals surface area contributed by atoms with Crippen molar-refractivity contribution in [2.45, 2.75) is 38.8 Å². The zero-order valence-electron chi connectivity index (χ0n) is 15.0. The topological polar surface area (TPSA) is 99.0 Å². The summed E-state index contributed by atoms with van der Waals surface area (Å²) in [5.74, 6) is -0.599. The Morgan fingerprint density at radius 3 is 2.46 bits per heavy atom. The number of nitro groups is 1. The molecule has 26 heavy (non-hydrogen) atoms. The number of esters is 1. The van der Waals surface area contributed by atoms with E-state index in [9.17, 15) is 19.7 Å². The van der Waals surface area contributed by atoms with Crippen LogP contribution in [0.25, 0.3) is 0 Å². The van der Waals surface area contributed by atoms with E-state index < -0.39 is 22.6 Å². The third kappa shape index (κ3) is 5.30. The minimum absolute atomic E-state index is 0.0133. The second-order valence-corrected chi connectivity index (χ2v) is 6.90. The molecule has 8 nitrogen and oxygen atoms in total. The fourth-order valence-corrected chi connectivity index (χ4v) is 2.39. The van der Waals surface area contributed by atoms with E-state index in [2.05, 4.69) is 0 Å². The highest BCUT2D eigenvalue weighted by Gasteiger charge is 2.29. The lowest BCUT2D eigenvalue weighted by Crippen LogP contribution is -2.47. The lowest BCUT2D eigenvalue weighted by atomic mass is 10.1. The summed E-state index contributed by atoms with van der Waals surface area (Å²) in [6.45, 7) is 5.75. The highest BCUT2D eigenvalue weighted by molar-refractivity contribution is 5.89. The Kier molecular flexibility index (Phi) is 5.97. The van der Waals surface area contributed by atoms with Gasteiger partial charge >= 0.3 is 12.1 Å². The van der Waals surface area contributed by atoms with E-state index in [1.807, 2.05) is 12.2 Å². The van der Waals surface area contributed by atoms with Gasteiger partial charge in [-0.15, -0.1) is 0 Å². The van der Waals surface area contributed by atoms with Crippen molar-refractivity contribution in [3.63, 3.8) is 0 Å². The van der Waals surface area contributed by atoms with E-state index in [1.165, 1.54) is 29.2 Å². The van der Waals surface area contributed by atoms with Crippen molar-refractivity contribution in [3.05, 3.63) is 52.1 Å². The zero-order valence-corrected chi connectivity index (χ0v) is 15.0. The Morgan fingerprint density at radius 2 is 1.88 bits per heavy atom. The zero-order chi connectivity index (χ0) is 19.3. The lowest BCUT2D eigenvalue weighted by molar-refractivity contribution is -0.384. The van der Waals surface area contributed by atoms with Crippen molar-refractivity contribution in [1.29, 1.82) is 0 Å². The van der Waals surface area contributed by atoms with Crippen molar-refractivity contribution in [2.75, 3.05) is 13.2 Å². The van der Waals surface area contributed by atoms with Gasteiger partial charge in [-0.05, 0) is 39.3 Å². The van der Waals surface area contributed by atoms with Crippen LogP contribution in [-0.4, -0.2) is 46.7 Å². The van der Waals surface area contributed by atoms with Crippen molar-refractivity contribution >= 4 is 17.7 Å². The van der Waals surface area contributed by atoms with Gasteiger partial charge in [0.2, 0.25) is 0 Å². The monoisotopic (exact) mass is 362 g/mol. The second kappa shape index (κ2) is 7.99. The predicted molar refractivity (Wildman–Crippen MR) is 93.9 cm³/mol. The first kappa shape index (κ1) is 19.4. The number of nitrogens with zero attached hydrogens (tertiary/aromatic N) is 2. The number of hydrogen-bond donors (Lipinski definition) is 0. The summed E-state index contributed by atoms with van der Waals surface area (Å²) in [6, 6.07) is 4.84. The number of carbonyl (C=O) groups is 2. The molecule has 1 atom stereocenters. The molecule has 1 unspecified atom stereocenters. The van der Waals surface area contributed by atoms with E-state index in [4.69, 9.17) is 9.47 Å². The number of carbonyl (C=O) groups excluding carboxylic acids is 2. The lowest BCUT2D eigenvalue weighted by Gasteiger charge is -2.34. The van der Waals surface area contributed by atoms with E-state index in [-0.39, 0.29) is 23.9 Å². The van der Waals surface area contributed by atoms with Crippen molar-refractivity contribution in [2.24, 2.45) is 0 Å². The molecule has 0 aliphatic carbocycles. The summed E-state index contributed by atoms with van der Waals surface area (Å²) < 4.78 is 10.7. The number of rotatable bonds is 4. The van der Waals surface area contributed by atoms with Crippen LogP contribution >= 0.6 is 0 Å². The van der Waals surface area contributed by atoms with Gasteiger partial charge in [0.15, 0.2) is 0 Å². The summed E-state index contributed by atoms with van der Waals surface area (Å²) in [4.78, 5) is 36.1. The molecule has 0 fully saturated rings. The molecule has 1 aromatic rings. The molecule has 0 saturated heterocycles. The summed E-state index contributed by atoms with van der Waals surface area (Å²) in [7, 11) is 0. The molecule has 8 heteroatoms. The van der Waals surface area contributed by atoms with Crippen LogP contribution in [0.15, 0.2) is 36.4 Å². The second-order valence-electron chi connectivity index (χ2n) is 6.90. The molecule has 0 spiro atoms. The fraction of sp³-hybridized carbons (Fsp3) is 0.444. The Hall–Kier alpha value is -2.90. The molecule has 0 saturated carbocycles. The number of hydrogen-bond acceptors (Lipinski definition) is 6. The SMILES string of the molecule is CC(C)(C)OC(=O)N1CC=CCC1COC(=O)c1ccc([N+](=O)[O-])cc1. The van der Waals surface area contributed by atoms with Crippen molar-refractivity contribution in [1.82, 2.24) is 4.90 Å². The van der Waals surface area contributed by atoms with Gasteiger partial charge in [0.1, 0.15) is 12.2 Å². The molecule has 1 amide bonds. The van der Waals surface area contributed by atoms with Gasteiger partial charge in [-0.1, -0.05) is 12.2 Å². The molecule has 1 aliphatic rings. The molecule has 140 valence electrons. The number of benzene rings is 1. The van der Waals surface area contributed by atoms with E-state index in [1.54, 1.807) is 20.8 Å². The van der Waals surface area contributed by atoms with Gasteiger partial charge in [-0.2, -0.15) is 0 Å². The van der Waals surface area contributed by atoms with Gasteiger partial charge in [0.25, 0.3) is 5.69 Å². The average Bonchev–Trinajstić information content (AvgIpc) is 2.58. The summed E-state index contributed by atoms with van der Waals surface area (Å²) >= 11 is 0. The van der Waals surface area contributed by atoms with Gasteiger partial charge < -0.3 is 9.47 Å². The standard InChI is InChI=1S/C18H22N2O6/c1-18(2,3)26-17(22)19-11-5-4-6-15(19)12-25-16(21)13-7-9-14(10-8-13)20(23)24/h4-5,7-10,15H,6,11-12H2,1-3H3. The summed E-state index contributed by atoms with van der Waals surface area (Å²) in [6.07, 6.45) is 3.87. The van der Waals surface area contributed by atoms with Crippen LogP contribution in [0, 0.1) is 10.1 Å². The number of non-ortho nitro benzene ring substituents is 1. The number of ether oxygens (including phenoxy) is 2. The molecule has 0 radical (unpaired) electrons. The van der Waals surface area contributed by atoms with Gasteiger partial charge in [0.05, 0.1) is 16.5 Å². The largest absolute Gasteiger partial charge is 0.460 e. The van der Waals surface area contributed by atoms with E-state index in [0.29, 0.717) is 13.0 Å². The van der Waals surface area contributed by atoms with Crippen LogP contribution in [0.5, 0.6) is 0 Å². The third-order valence-electron chi connectivity index (χ3n) is 3.67. The number of amides is 1. The molecule has 1 aliphatic heterocycles. The molecule has 0 N–H and O–H groups in total. The number of nitro benzene ring substituents is 1. The molecular weight excluding hydrogens is 340 g/mol. The van der Waals surface area contributed by atoms with E-state index in [0.717, 1.165) is 0 Å². The van der Waals surface area contributed by atoms with Crippen LogP contribution in [-0.2, 0) is 9.47 Å². The fourth-order valence-electron chi connectivity index (χ4n) is 2.39. The van der Waals surface area contributed by atoms with Crippen molar-refractivity contribution in [3.8, 4) is 0 Å². The maximum atomic E-state index is 12.3. The van der Waals surface area contributed by atoms with Gasteiger partial charge in [0, 0.05) is 18.7 Å². The quantitative estimate of drug-likeness (QED) is 0.353. The van der Waals surface area contributed by atoms with Crippen LogP contribution in [0.2, 0.25) is 0 Å². The summed E-state index contributed by atoms with van der Waals surface area (Å²) in [5.41, 5.74) is -0.501. The summed E-state index contributed by atoms with van der Waals surface area (Å²) in [5, 5.41) is 10.6. The van der Waals surface area contributed by atoms with Crippen LogP contribution in [0.1, 0.15) is 37.6 Å². The maximum Gasteiger partial charge on any atom is 0.410 e. The first-order valence-corrected chi connectivity index (χ1v) is 8.23. The molecule has 2 rings (SSSR count). The third-order valence-corrected chi connectivity index (χ3v) is 3.67. The Labute approximate surface area is 151 Å². The Balaban J connectivity index is 1.97. The van der Waals surface area contributed by atoms with Gasteiger partial charge in [-0.25, -0.2) is 9.59 Å². The molecular formula is C18H22N2O6. The van der Waals surface area contributed by atoms with Gasteiger partial charge in [-0.3, -0.25) is 15.0 Å². The Bertz CT molecular complexity index is 705. The Morgan fingerprint density at radius 1 is 1.23 bits per heavy atom. The first-order chi connectivity index (χ1) is 12.2. The van der Waals surface area contributed by atoms with Crippen LogP contribution < -0.4 is 0 Å².